The van der Waals surface area contributed by atoms with Gasteiger partial charge in [0.05, 0.1) is 4.92 Å². The lowest BCUT2D eigenvalue weighted by atomic mass is 10.0. The maximum Gasteiger partial charge on any atom is 0.305 e. The molecule has 2 N–H and O–H groups in total. The third-order valence-corrected chi connectivity index (χ3v) is 6.58. The minimum atomic E-state index is -0.884. The van der Waals surface area contributed by atoms with Crippen LogP contribution in [-0.4, -0.2) is 14.9 Å². The van der Waals surface area contributed by atoms with Crippen molar-refractivity contribution in [2.24, 2.45) is 5.92 Å². The minimum Gasteiger partial charge on any atom is -0.436 e. The number of hydrogen-bond acceptors (Lipinski definition) is 7. The van der Waals surface area contributed by atoms with Crippen molar-refractivity contribution in [3.63, 3.8) is 0 Å². The third kappa shape index (κ3) is 5.19. The van der Waals surface area contributed by atoms with Gasteiger partial charge in [0.2, 0.25) is 17.6 Å². The van der Waals surface area contributed by atoms with Crippen molar-refractivity contribution in [2.45, 2.75) is 19.3 Å². The van der Waals surface area contributed by atoms with E-state index in [2.05, 4.69) is 22.1 Å². The van der Waals surface area contributed by atoms with Crippen LogP contribution in [0.25, 0.3) is 45.1 Å². The highest BCUT2D eigenvalue weighted by atomic mass is 19.1. The third-order valence-electron chi connectivity index (χ3n) is 6.58. The van der Waals surface area contributed by atoms with Crippen molar-refractivity contribution in [2.75, 3.05) is 5.73 Å². The Morgan fingerprint density at radius 3 is 1.95 bits per heavy atom. The van der Waals surface area contributed by atoms with Crippen LogP contribution in [0.1, 0.15) is 18.4 Å². The summed E-state index contributed by atoms with van der Waals surface area (Å²) in [5.74, 6) is 0.817. The number of rotatable bonds is 5. The van der Waals surface area contributed by atoms with Crippen LogP contribution in [0.4, 0.5) is 15.8 Å². The van der Waals surface area contributed by atoms with Gasteiger partial charge in [-0.2, -0.15) is 4.39 Å². The van der Waals surface area contributed by atoms with Crippen molar-refractivity contribution in [1.29, 1.82) is 0 Å². The van der Waals surface area contributed by atoms with Crippen molar-refractivity contribution in [1.82, 2.24) is 9.97 Å². The van der Waals surface area contributed by atoms with Crippen molar-refractivity contribution < 1.29 is 18.1 Å². The summed E-state index contributed by atoms with van der Waals surface area (Å²) in [6.07, 6.45) is 3.78. The Balaban J connectivity index is 0.000000142. The Morgan fingerprint density at radius 1 is 0.846 bits per heavy atom. The topological polar surface area (TPSA) is 121 Å². The van der Waals surface area contributed by atoms with Gasteiger partial charge in [-0.25, -0.2) is 9.97 Å². The Labute approximate surface area is 222 Å². The monoisotopic (exact) mass is 522 g/mol. The molecule has 0 atom stereocenters. The molecule has 0 saturated heterocycles. The normalized spacial score (nSPS) is 12.8. The molecule has 39 heavy (non-hydrogen) atoms. The van der Waals surface area contributed by atoms with E-state index in [1.807, 2.05) is 36.4 Å². The van der Waals surface area contributed by atoms with E-state index >= 15 is 0 Å². The first-order valence-electron chi connectivity index (χ1n) is 12.5. The summed E-state index contributed by atoms with van der Waals surface area (Å²) in [7, 11) is 0. The zero-order valence-corrected chi connectivity index (χ0v) is 20.7. The molecule has 4 aromatic carbocycles. The number of nitro benzene ring substituents is 1. The molecule has 1 saturated carbocycles. The molecule has 1 aliphatic carbocycles. The lowest BCUT2D eigenvalue weighted by Gasteiger charge is -2.05. The molecule has 1 aliphatic rings. The van der Waals surface area contributed by atoms with Crippen LogP contribution in [0.15, 0.2) is 93.8 Å². The quantitative estimate of drug-likeness (QED) is 0.141. The highest BCUT2D eigenvalue weighted by molar-refractivity contribution is 5.77. The van der Waals surface area contributed by atoms with Gasteiger partial charge in [0.1, 0.15) is 11.0 Å². The molecule has 1 fully saturated rings. The average molecular weight is 523 g/mol. The zero-order valence-electron chi connectivity index (χ0n) is 20.7. The van der Waals surface area contributed by atoms with Gasteiger partial charge in [-0.05, 0) is 79.3 Å². The van der Waals surface area contributed by atoms with E-state index in [4.69, 9.17) is 14.6 Å². The summed E-state index contributed by atoms with van der Waals surface area (Å²) < 4.78 is 24.5. The molecular formula is C30H23FN4O4. The number of nitrogen functional groups attached to an aromatic ring is 1. The maximum atomic E-state index is 13.2. The van der Waals surface area contributed by atoms with E-state index in [0.29, 0.717) is 22.6 Å². The van der Waals surface area contributed by atoms with Crippen LogP contribution >= 0.6 is 0 Å². The number of benzene rings is 4. The van der Waals surface area contributed by atoms with Gasteiger partial charge in [0, 0.05) is 22.9 Å². The Kier molecular flexibility index (Phi) is 6.24. The van der Waals surface area contributed by atoms with Gasteiger partial charge in [-0.15, -0.1) is 0 Å². The number of aromatic nitrogens is 2. The molecule has 0 amide bonds. The minimum absolute atomic E-state index is 0.226. The number of para-hydroxylation sites is 4. The van der Waals surface area contributed by atoms with E-state index in [9.17, 15) is 14.5 Å². The second kappa shape index (κ2) is 10.0. The second-order valence-corrected chi connectivity index (χ2v) is 9.46. The predicted molar refractivity (Wildman–Crippen MR) is 146 cm³/mol. The first kappa shape index (κ1) is 24.3. The number of fused-ring (bicyclic) bond motifs is 2. The number of nitrogens with two attached hydrogens (primary N) is 1. The molecule has 2 aromatic heterocycles. The van der Waals surface area contributed by atoms with E-state index in [0.717, 1.165) is 46.8 Å². The number of hydrogen-bond donors (Lipinski definition) is 1. The summed E-state index contributed by atoms with van der Waals surface area (Å²) in [5, 5.41) is 10.7. The Morgan fingerprint density at radius 2 is 1.41 bits per heavy atom. The lowest BCUT2D eigenvalue weighted by Crippen LogP contribution is -1.96. The summed E-state index contributed by atoms with van der Waals surface area (Å²) in [6.45, 7) is 0. The van der Waals surface area contributed by atoms with E-state index in [1.54, 1.807) is 18.2 Å². The number of oxazole rings is 2. The van der Waals surface area contributed by atoms with Gasteiger partial charge in [-0.3, -0.25) is 10.1 Å². The molecule has 0 radical (unpaired) electrons. The molecule has 0 bridgehead atoms. The first-order chi connectivity index (χ1) is 18.9. The maximum absolute atomic E-state index is 13.2. The fourth-order valence-electron chi connectivity index (χ4n) is 4.32. The molecule has 6 aromatic rings. The number of nitro groups is 1. The summed E-state index contributed by atoms with van der Waals surface area (Å²) >= 11 is 0. The molecule has 9 heteroatoms. The fourth-order valence-corrected chi connectivity index (χ4v) is 4.32. The Hall–Kier alpha value is -5.05. The van der Waals surface area contributed by atoms with Crippen molar-refractivity contribution in [3.8, 4) is 22.9 Å². The molecule has 7 rings (SSSR count). The SMILES string of the molecule is Nc1cc(-c2nc3ccccc3o2)ccc1CC1CC1.O=[N+]([O-])c1cc(-c2nc3ccccc3o2)ccc1F. The summed E-state index contributed by atoms with van der Waals surface area (Å²) in [4.78, 5) is 18.6. The highest BCUT2D eigenvalue weighted by Gasteiger charge is 2.22. The predicted octanol–water partition coefficient (Wildman–Crippen LogP) is 7.57. The molecule has 0 unspecified atom stereocenters. The molecular weight excluding hydrogens is 499 g/mol. The van der Waals surface area contributed by atoms with Crippen LogP contribution in [0.2, 0.25) is 0 Å². The second-order valence-electron chi connectivity index (χ2n) is 9.46. The van der Waals surface area contributed by atoms with Crippen LogP contribution < -0.4 is 5.73 Å². The highest BCUT2D eigenvalue weighted by Crippen LogP contribution is 2.35. The first-order valence-corrected chi connectivity index (χ1v) is 12.5. The van der Waals surface area contributed by atoms with E-state index in [-0.39, 0.29) is 5.89 Å². The van der Waals surface area contributed by atoms with Crippen LogP contribution in [0, 0.1) is 21.8 Å². The van der Waals surface area contributed by atoms with Crippen molar-refractivity contribution in [3.05, 3.63) is 106 Å². The van der Waals surface area contributed by atoms with Crippen LogP contribution in [0.3, 0.4) is 0 Å². The molecule has 0 spiro atoms. The molecule has 8 nitrogen and oxygen atoms in total. The zero-order chi connectivity index (χ0) is 26.9. The van der Waals surface area contributed by atoms with Gasteiger partial charge in [0.25, 0.3) is 0 Å². The number of halogens is 1. The number of anilines is 1. The van der Waals surface area contributed by atoms with Crippen LogP contribution in [0.5, 0.6) is 0 Å². The molecule has 2 heterocycles. The Bertz CT molecular complexity index is 1760. The summed E-state index contributed by atoms with van der Waals surface area (Å²) in [6, 6.07) is 24.6. The fraction of sp³-hybridized carbons (Fsp3) is 0.133. The van der Waals surface area contributed by atoms with Gasteiger partial charge >= 0.3 is 5.69 Å². The summed E-state index contributed by atoms with van der Waals surface area (Å²) in [5.41, 5.74) is 11.9. The molecule has 194 valence electrons. The lowest BCUT2D eigenvalue weighted by molar-refractivity contribution is -0.387. The molecule has 0 aliphatic heterocycles. The average Bonchev–Trinajstić information content (AvgIpc) is 3.48. The largest absolute Gasteiger partial charge is 0.436 e. The van der Waals surface area contributed by atoms with E-state index in [1.165, 1.54) is 24.5 Å². The smallest absolute Gasteiger partial charge is 0.305 e. The van der Waals surface area contributed by atoms with Crippen LogP contribution in [-0.2, 0) is 6.42 Å². The number of nitrogens with zero attached hydrogens (tertiary/aromatic N) is 3. The van der Waals surface area contributed by atoms with E-state index < -0.39 is 16.4 Å². The van der Waals surface area contributed by atoms with Gasteiger partial charge in [-0.1, -0.05) is 30.3 Å². The standard InChI is InChI=1S/C17H16N2O.C13H7FN2O3/c18-14-10-13(8-7-12(14)9-11-5-6-11)17-19-15-3-1-2-4-16(15)20-17;14-9-6-5-8(7-11(9)16(17)18)13-15-10-3-1-2-4-12(10)19-13/h1-4,7-8,10-11H,5-6,9,18H2;1-7H. The van der Waals surface area contributed by atoms with Gasteiger partial charge < -0.3 is 14.6 Å². The van der Waals surface area contributed by atoms with Crippen molar-refractivity contribution >= 4 is 33.6 Å². The van der Waals surface area contributed by atoms with Gasteiger partial charge in [0.15, 0.2) is 11.2 Å².